The maximum atomic E-state index is 11.9. The number of carbonyl (C=O) groups is 1. The number of likely N-dealkylation sites (tertiary alicyclic amines) is 1. The van der Waals surface area contributed by atoms with Gasteiger partial charge in [0.25, 0.3) is 0 Å². The van der Waals surface area contributed by atoms with E-state index >= 15 is 0 Å². The number of nitrogens with one attached hydrogen (secondary N) is 1. The number of benzene rings is 1. The van der Waals surface area contributed by atoms with Crippen LogP contribution in [0.25, 0.3) is 0 Å². The molecule has 0 aromatic heterocycles. The average molecular weight is 276 g/mol. The number of hydrogen-bond donors (Lipinski definition) is 2. The molecule has 0 spiro atoms. The molecule has 1 aliphatic heterocycles. The van der Waals surface area contributed by atoms with Crippen LogP contribution in [0.15, 0.2) is 24.3 Å². The number of rotatable bonds is 5. The van der Waals surface area contributed by atoms with Crippen molar-refractivity contribution in [3.8, 4) is 0 Å². The molecule has 1 fully saturated rings. The van der Waals surface area contributed by atoms with E-state index in [0.717, 1.165) is 25.8 Å². The van der Waals surface area contributed by atoms with Crippen LogP contribution in [0.3, 0.4) is 0 Å². The fraction of sp³-hybridized carbons (Fsp3) is 0.562. The molecule has 0 saturated carbocycles. The second-order valence-electron chi connectivity index (χ2n) is 5.44. The minimum atomic E-state index is -0.00821. The van der Waals surface area contributed by atoms with Gasteiger partial charge in [-0.2, -0.15) is 0 Å². The number of hydrogen-bond acceptors (Lipinski definition) is 2. The molecule has 1 aromatic rings. The van der Waals surface area contributed by atoms with Gasteiger partial charge in [-0.3, -0.25) is 0 Å². The molecule has 0 bridgehead atoms. The van der Waals surface area contributed by atoms with E-state index in [1.165, 1.54) is 11.1 Å². The lowest BCUT2D eigenvalue weighted by Gasteiger charge is -2.17. The quantitative estimate of drug-likeness (QED) is 0.862. The zero-order valence-electron chi connectivity index (χ0n) is 12.1. The Morgan fingerprint density at radius 2 is 2.05 bits per heavy atom. The minimum Gasteiger partial charge on any atom is -0.396 e. The number of aryl methyl sites for hydroxylation is 1. The van der Waals surface area contributed by atoms with Crippen LogP contribution in [-0.2, 0) is 12.8 Å². The number of urea groups is 1. The van der Waals surface area contributed by atoms with Crippen LogP contribution in [0, 0.1) is 5.92 Å². The van der Waals surface area contributed by atoms with Crippen LogP contribution in [0.2, 0.25) is 0 Å². The summed E-state index contributed by atoms with van der Waals surface area (Å²) >= 11 is 0. The van der Waals surface area contributed by atoms with Gasteiger partial charge in [-0.05, 0) is 30.4 Å². The predicted molar refractivity (Wildman–Crippen MR) is 79.7 cm³/mol. The molecule has 1 unspecified atom stereocenters. The van der Waals surface area contributed by atoms with Gasteiger partial charge in [0.2, 0.25) is 0 Å². The molecule has 2 amide bonds. The van der Waals surface area contributed by atoms with Crippen LogP contribution in [-0.4, -0.2) is 42.3 Å². The third kappa shape index (κ3) is 3.97. The Hall–Kier alpha value is -1.55. The van der Waals surface area contributed by atoms with Crippen molar-refractivity contribution in [3.05, 3.63) is 35.4 Å². The zero-order valence-corrected chi connectivity index (χ0v) is 12.1. The monoisotopic (exact) mass is 276 g/mol. The van der Waals surface area contributed by atoms with Gasteiger partial charge in [0.05, 0.1) is 0 Å². The lowest BCUT2D eigenvalue weighted by atomic mass is 10.1. The van der Waals surface area contributed by atoms with E-state index in [1.807, 2.05) is 0 Å². The summed E-state index contributed by atoms with van der Waals surface area (Å²) in [7, 11) is 0. The Balaban J connectivity index is 1.71. The van der Waals surface area contributed by atoms with Crippen molar-refractivity contribution >= 4 is 6.03 Å². The van der Waals surface area contributed by atoms with Crippen LogP contribution in [0.4, 0.5) is 4.79 Å². The number of aliphatic hydroxyl groups is 1. The molecule has 0 radical (unpaired) electrons. The topological polar surface area (TPSA) is 52.6 Å². The van der Waals surface area contributed by atoms with E-state index in [2.05, 4.69) is 36.5 Å². The third-order valence-corrected chi connectivity index (χ3v) is 3.95. The Morgan fingerprint density at radius 1 is 1.35 bits per heavy atom. The van der Waals surface area contributed by atoms with E-state index in [9.17, 15) is 4.79 Å². The van der Waals surface area contributed by atoms with Gasteiger partial charge in [0, 0.05) is 32.2 Å². The predicted octanol–water partition coefficient (Wildman–Crippen LogP) is 1.82. The summed E-state index contributed by atoms with van der Waals surface area (Å²) in [5.74, 6) is 0.252. The molecule has 4 heteroatoms. The molecule has 20 heavy (non-hydrogen) atoms. The first-order valence-electron chi connectivity index (χ1n) is 7.44. The molecule has 2 rings (SSSR count). The highest BCUT2D eigenvalue weighted by Crippen LogP contribution is 2.15. The van der Waals surface area contributed by atoms with E-state index < -0.39 is 0 Å². The molecule has 1 heterocycles. The highest BCUT2D eigenvalue weighted by molar-refractivity contribution is 5.74. The smallest absolute Gasteiger partial charge is 0.317 e. The van der Waals surface area contributed by atoms with Gasteiger partial charge in [0.1, 0.15) is 0 Å². The second kappa shape index (κ2) is 7.29. The van der Waals surface area contributed by atoms with Crippen molar-refractivity contribution in [2.24, 2.45) is 5.92 Å². The lowest BCUT2D eigenvalue weighted by Crippen LogP contribution is -2.39. The second-order valence-corrected chi connectivity index (χ2v) is 5.44. The van der Waals surface area contributed by atoms with E-state index in [0.29, 0.717) is 13.1 Å². The Kier molecular flexibility index (Phi) is 5.41. The summed E-state index contributed by atoms with van der Waals surface area (Å²) in [4.78, 5) is 13.7. The maximum Gasteiger partial charge on any atom is 0.317 e. The highest BCUT2D eigenvalue weighted by atomic mass is 16.3. The largest absolute Gasteiger partial charge is 0.396 e. The minimum absolute atomic E-state index is 0.00821. The third-order valence-electron chi connectivity index (χ3n) is 3.95. The summed E-state index contributed by atoms with van der Waals surface area (Å²) in [6, 6.07) is 8.53. The highest BCUT2D eigenvalue weighted by Gasteiger charge is 2.25. The molecule has 1 aliphatic rings. The SMILES string of the molecule is CCc1ccc(CCNC(=O)N2CCC(CO)C2)cc1. The molecule has 1 aromatic carbocycles. The van der Waals surface area contributed by atoms with Crippen molar-refractivity contribution in [1.82, 2.24) is 10.2 Å². The van der Waals surface area contributed by atoms with Crippen molar-refractivity contribution in [2.45, 2.75) is 26.2 Å². The van der Waals surface area contributed by atoms with Crippen molar-refractivity contribution < 1.29 is 9.90 Å². The summed E-state index contributed by atoms with van der Waals surface area (Å²) in [5, 5.41) is 12.0. The fourth-order valence-electron chi connectivity index (χ4n) is 2.53. The molecule has 110 valence electrons. The van der Waals surface area contributed by atoms with E-state index in [1.54, 1.807) is 4.90 Å². The number of carbonyl (C=O) groups excluding carboxylic acids is 1. The van der Waals surface area contributed by atoms with Crippen LogP contribution < -0.4 is 5.32 Å². The summed E-state index contributed by atoms with van der Waals surface area (Å²) in [6.07, 6.45) is 2.81. The molecule has 0 aliphatic carbocycles. The van der Waals surface area contributed by atoms with Crippen molar-refractivity contribution in [2.75, 3.05) is 26.2 Å². The van der Waals surface area contributed by atoms with Crippen molar-refractivity contribution in [1.29, 1.82) is 0 Å². The first-order valence-corrected chi connectivity index (χ1v) is 7.44. The number of aliphatic hydroxyl groups excluding tert-OH is 1. The maximum absolute atomic E-state index is 11.9. The van der Waals surface area contributed by atoms with Gasteiger partial charge in [-0.25, -0.2) is 4.79 Å². The summed E-state index contributed by atoms with van der Waals surface area (Å²) in [5.41, 5.74) is 2.59. The Bertz CT molecular complexity index is 431. The zero-order chi connectivity index (χ0) is 14.4. The molecular weight excluding hydrogens is 252 g/mol. The van der Waals surface area contributed by atoms with Gasteiger partial charge in [-0.1, -0.05) is 31.2 Å². The first kappa shape index (κ1) is 14.9. The van der Waals surface area contributed by atoms with Crippen LogP contribution in [0.1, 0.15) is 24.5 Å². The van der Waals surface area contributed by atoms with Gasteiger partial charge < -0.3 is 15.3 Å². The van der Waals surface area contributed by atoms with E-state index in [-0.39, 0.29) is 18.6 Å². The molecule has 4 nitrogen and oxygen atoms in total. The number of nitrogens with zero attached hydrogens (tertiary/aromatic N) is 1. The van der Waals surface area contributed by atoms with Gasteiger partial charge in [0.15, 0.2) is 0 Å². The van der Waals surface area contributed by atoms with Crippen LogP contribution >= 0.6 is 0 Å². The molecule has 1 atom stereocenters. The Morgan fingerprint density at radius 3 is 2.65 bits per heavy atom. The number of amides is 2. The summed E-state index contributed by atoms with van der Waals surface area (Å²) < 4.78 is 0. The van der Waals surface area contributed by atoms with E-state index in [4.69, 9.17) is 5.11 Å². The standard InChI is InChI=1S/C16H24N2O2/c1-2-13-3-5-14(6-4-13)7-9-17-16(20)18-10-8-15(11-18)12-19/h3-6,15,19H,2,7-12H2,1H3,(H,17,20). The Labute approximate surface area is 120 Å². The van der Waals surface area contributed by atoms with Gasteiger partial charge in [-0.15, -0.1) is 0 Å². The summed E-state index contributed by atoms with van der Waals surface area (Å²) in [6.45, 7) is 4.40. The van der Waals surface area contributed by atoms with Crippen molar-refractivity contribution in [3.63, 3.8) is 0 Å². The lowest BCUT2D eigenvalue weighted by molar-refractivity contribution is 0.198. The molecular formula is C16H24N2O2. The average Bonchev–Trinajstić information content (AvgIpc) is 2.97. The van der Waals surface area contributed by atoms with Crippen LogP contribution in [0.5, 0.6) is 0 Å². The first-order chi connectivity index (χ1) is 9.72. The van der Waals surface area contributed by atoms with Gasteiger partial charge >= 0.3 is 6.03 Å². The molecule has 1 saturated heterocycles. The fourth-order valence-corrected chi connectivity index (χ4v) is 2.53. The molecule has 2 N–H and O–H groups in total. The normalized spacial score (nSPS) is 18.3.